The number of hydrogen-bond acceptors (Lipinski definition) is 4. The lowest BCUT2D eigenvalue weighted by molar-refractivity contribution is -0.139. The Morgan fingerprint density at radius 3 is 2.14 bits per heavy atom. The van der Waals surface area contributed by atoms with Gasteiger partial charge >= 0.3 is 0 Å². The molecular formula is C32H30Cl3N3O4S. The molecule has 0 aliphatic heterocycles. The smallest absolute Gasteiger partial charge is 0.264 e. The Morgan fingerprint density at radius 2 is 1.49 bits per heavy atom. The zero-order valence-corrected chi connectivity index (χ0v) is 26.6. The van der Waals surface area contributed by atoms with Crippen LogP contribution in [0, 0.1) is 6.92 Å². The number of carbonyl (C=O) groups is 2. The molecule has 11 heteroatoms. The molecule has 4 rings (SSSR count). The summed E-state index contributed by atoms with van der Waals surface area (Å²) in [5.74, 6) is -1.06. The van der Waals surface area contributed by atoms with Gasteiger partial charge in [-0.15, -0.1) is 0 Å². The molecule has 7 nitrogen and oxygen atoms in total. The van der Waals surface area contributed by atoms with Crippen molar-refractivity contribution in [2.24, 2.45) is 0 Å². The Kier molecular flexibility index (Phi) is 10.7. The summed E-state index contributed by atoms with van der Waals surface area (Å²) in [6.45, 7) is 1.12. The minimum Gasteiger partial charge on any atom is -0.357 e. The van der Waals surface area contributed by atoms with Crippen LogP contribution in [-0.2, 0) is 32.6 Å². The Labute approximate surface area is 267 Å². The molecule has 1 atom stereocenters. The van der Waals surface area contributed by atoms with Crippen LogP contribution in [0.25, 0.3) is 0 Å². The predicted molar refractivity (Wildman–Crippen MR) is 172 cm³/mol. The summed E-state index contributed by atoms with van der Waals surface area (Å²) in [7, 11) is -2.83. The molecule has 43 heavy (non-hydrogen) atoms. The molecule has 2 amide bonds. The van der Waals surface area contributed by atoms with E-state index >= 15 is 0 Å². The van der Waals surface area contributed by atoms with Gasteiger partial charge in [0.2, 0.25) is 11.8 Å². The third-order valence-corrected chi connectivity index (χ3v) is 9.58. The van der Waals surface area contributed by atoms with E-state index in [4.69, 9.17) is 34.8 Å². The number of amides is 2. The molecule has 0 heterocycles. The van der Waals surface area contributed by atoms with Gasteiger partial charge in [0.1, 0.15) is 12.6 Å². The van der Waals surface area contributed by atoms with Crippen LogP contribution in [-0.4, -0.2) is 44.8 Å². The maximum absolute atomic E-state index is 14.3. The molecule has 0 aromatic heterocycles. The molecule has 4 aromatic carbocycles. The first kappa shape index (κ1) is 32.4. The number of halogens is 3. The van der Waals surface area contributed by atoms with Crippen LogP contribution >= 0.6 is 34.8 Å². The molecule has 1 N–H and O–H groups in total. The number of benzene rings is 4. The highest BCUT2D eigenvalue weighted by Gasteiger charge is 2.35. The number of rotatable bonds is 11. The largest absolute Gasteiger partial charge is 0.357 e. The first-order valence-corrected chi connectivity index (χ1v) is 15.9. The van der Waals surface area contributed by atoms with Crippen molar-refractivity contribution in [2.75, 3.05) is 17.9 Å². The summed E-state index contributed by atoms with van der Waals surface area (Å²) in [5, 5.41) is 3.36. The van der Waals surface area contributed by atoms with Crippen molar-refractivity contribution < 1.29 is 18.0 Å². The maximum atomic E-state index is 14.3. The second-order valence-corrected chi connectivity index (χ2v) is 13.0. The highest BCUT2D eigenvalue weighted by Crippen LogP contribution is 2.33. The number of sulfonamides is 1. The molecule has 0 radical (unpaired) electrons. The number of nitrogens with one attached hydrogen (secondary N) is 1. The number of nitrogens with zero attached hydrogens (tertiary/aromatic N) is 2. The SMILES string of the molecule is CNC(=O)[C@@H](Cc1ccccc1)N(Cc1ccccc1Cl)C(=O)CN(c1cc(Cl)ccc1Cl)S(=O)(=O)c1ccc(C)cc1. The molecule has 0 unspecified atom stereocenters. The molecule has 0 spiro atoms. The first-order valence-electron chi connectivity index (χ1n) is 13.3. The first-order chi connectivity index (χ1) is 20.5. The van der Waals surface area contributed by atoms with Gasteiger partial charge in [-0.1, -0.05) is 101 Å². The van der Waals surface area contributed by atoms with Gasteiger partial charge in [-0.05, 0) is 54.4 Å². The summed E-state index contributed by atoms with van der Waals surface area (Å²) < 4.78 is 29.1. The van der Waals surface area contributed by atoms with E-state index in [-0.39, 0.29) is 33.6 Å². The Hall–Kier alpha value is -3.56. The lowest BCUT2D eigenvalue weighted by Gasteiger charge is -2.34. The summed E-state index contributed by atoms with van der Waals surface area (Å²) in [5.41, 5.74) is 2.30. The fraction of sp³-hybridized carbons (Fsp3) is 0.188. The van der Waals surface area contributed by atoms with Crippen molar-refractivity contribution in [1.29, 1.82) is 0 Å². The van der Waals surface area contributed by atoms with Crippen molar-refractivity contribution in [3.8, 4) is 0 Å². The normalized spacial score (nSPS) is 11.9. The zero-order chi connectivity index (χ0) is 31.1. The van der Waals surface area contributed by atoms with Crippen molar-refractivity contribution in [1.82, 2.24) is 10.2 Å². The van der Waals surface area contributed by atoms with Gasteiger partial charge < -0.3 is 10.2 Å². The summed E-state index contributed by atoms with van der Waals surface area (Å²) in [6, 6.07) is 25.9. The quantitative estimate of drug-likeness (QED) is 0.198. The third-order valence-electron chi connectivity index (χ3n) is 6.88. The van der Waals surface area contributed by atoms with E-state index < -0.39 is 34.4 Å². The van der Waals surface area contributed by atoms with Crippen LogP contribution in [0.15, 0.2) is 102 Å². The molecule has 0 fully saturated rings. The lowest BCUT2D eigenvalue weighted by Crippen LogP contribution is -2.53. The van der Waals surface area contributed by atoms with E-state index in [1.807, 2.05) is 37.3 Å². The van der Waals surface area contributed by atoms with Crippen LogP contribution in [0.4, 0.5) is 5.69 Å². The monoisotopic (exact) mass is 657 g/mol. The second kappa shape index (κ2) is 14.3. The van der Waals surface area contributed by atoms with Gasteiger partial charge in [0.15, 0.2) is 0 Å². The van der Waals surface area contributed by atoms with Gasteiger partial charge in [-0.3, -0.25) is 13.9 Å². The van der Waals surface area contributed by atoms with E-state index in [0.29, 0.717) is 10.6 Å². The van der Waals surface area contributed by atoms with Crippen LogP contribution in [0.2, 0.25) is 15.1 Å². The average molecular weight is 659 g/mol. The predicted octanol–water partition coefficient (Wildman–Crippen LogP) is 6.54. The van der Waals surface area contributed by atoms with Crippen LogP contribution < -0.4 is 9.62 Å². The van der Waals surface area contributed by atoms with Crippen molar-refractivity contribution in [3.05, 3.63) is 129 Å². The Morgan fingerprint density at radius 1 is 0.837 bits per heavy atom. The van der Waals surface area contributed by atoms with Crippen molar-refractivity contribution in [3.63, 3.8) is 0 Å². The van der Waals surface area contributed by atoms with Crippen LogP contribution in [0.1, 0.15) is 16.7 Å². The fourth-order valence-corrected chi connectivity index (χ4v) is 6.61. The minimum atomic E-state index is -4.31. The Bertz CT molecular complexity index is 1700. The van der Waals surface area contributed by atoms with Gasteiger partial charge in [0.05, 0.1) is 15.6 Å². The lowest BCUT2D eigenvalue weighted by atomic mass is 10.0. The standard InChI is InChI=1S/C32H30Cl3N3O4S/c1-22-12-15-26(16-13-22)43(41,42)38(29-19-25(33)14-17-28(29)35)21-31(39)37(20-24-10-6-7-11-27(24)34)30(32(40)36-2)18-23-8-4-3-5-9-23/h3-17,19,30H,18,20-21H2,1-2H3,(H,36,40)/t30-/m1/s1. The fourth-order valence-electron chi connectivity index (χ4n) is 4.56. The number of carbonyl (C=O) groups excluding carboxylic acids is 2. The highest BCUT2D eigenvalue weighted by molar-refractivity contribution is 7.92. The van der Waals surface area contributed by atoms with Crippen molar-refractivity contribution >= 4 is 62.3 Å². The molecule has 0 saturated heterocycles. The van der Waals surface area contributed by atoms with E-state index in [9.17, 15) is 18.0 Å². The van der Waals surface area contributed by atoms with E-state index in [1.54, 1.807) is 36.4 Å². The van der Waals surface area contributed by atoms with Crippen LogP contribution in [0.5, 0.6) is 0 Å². The van der Waals surface area contributed by atoms with E-state index in [2.05, 4.69) is 5.32 Å². The maximum Gasteiger partial charge on any atom is 0.264 e. The van der Waals surface area contributed by atoms with Gasteiger partial charge in [-0.2, -0.15) is 0 Å². The topological polar surface area (TPSA) is 86.8 Å². The second-order valence-electron chi connectivity index (χ2n) is 9.85. The molecule has 4 aromatic rings. The third kappa shape index (κ3) is 7.89. The van der Waals surface area contributed by atoms with Crippen molar-refractivity contribution in [2.45, 2.75) is 30.8 Å². The van der Waals surface area contributed by atoms with E-state index in [1.165, 1.54) is 42.3 Å². The molecule has 0 bridgehead atoms. The van der Waals surface area contributed by atoms with Crippen LogP contribution in [0.3, 0.4) is 0 Å². The number of likely N-dealkylation sites (N-methyl/N-ethyl adjacent to an activating group) is 1. The summed E-state index contributed by atoms with van der Waals surface area (Å²) in [4.78, 5) is 29.0. The average Bonchev–Trinajstić information content (AvgIpc) is 3.00. The van der Waals surface area contributed by atoms with Gasteiger partial charge in [0, 0.05) is 30.1 Å². The van der Waals surface area contributed by atoms with Gasteiger partial charge in [0.25, 0.3) is 10.0 Å². The number of hydrogen-bond donors (Lipinski definition) is 1. The highest BCUT2D eigenvalue weighted by atomic mass is 35.5. The molecular weight excluding hydrogens is 629 g/mol. The Balaban J connectivity index is 1.83. The molecule has 224 valence electrons. The molecule has 0 aliphatic carbocycles. The number of anilines is 1. The molecule has 0 saturated carbocycles. The summed E-state index contributed by atoms with van der Waals surface area (Å²) >= 11 is 19.2. The zero-order valence-electron chi connectivity index (χ0n) is 23.5. The number of aryl methyl sites for hydroxylation is 1. The van der Waals surface area contributed by atoms with E-state index in [0.717, 1.165) is 15.4 Å². The molecule has 0 aliphatic rings. The minimum absolute atomic E-state index is 0.0281. The summed E-state index contributed by atoms with van der Waals surface area (Å²) in [6.07, 6.45) is 0.180. The van der Waals surface area contributed by atoms with Gasteiger partial charge in [-0.25, -0.2) is 8.42 Å².